The van der Waals surface area contributed by atoms with E-state index in [2.05, 4.69) is 25.5 Å². The maximum atomic E-state index is 12.4. The highest BCUT2D eigenvalue weighted by Crippen LogP contribution is 2.22. The van der Waals surface area contributed by atoms with Gasteiger partial charge in [-0.05, 0) is 30.7 Å². The molecule has 1 atom stereocenters. The molecule has 0 saturated heterocycles. The van der Waals surface area contributed by atoms with E-state index in [9.17, 15) is 18.0 Å². The molecule has 1 unspecified atom stereocenters. The van der Waals surface area contributed by atoms with Crippen molar-refractivity contribution in [2.75, 3.05) is 11.9 Å². The summed E-state index contributed by atoms with van der Waals surface area (Å²) < 4.78 is 37.1. The van der Waals surface area contributed by atoms with Crippen LogP contribution in [0.2, 0.25) is 0 Å². The average Bonchev–Trinajstić information content (AvgIpc) is 3.18. The summed E-state index contributed by atoms with van der Waals surface area (Å²) in [6.07, 6.45) is -1.53. The third-order valence-electron chi connectivity index (χ3n) is 3.86. The van der Waals surface area contributed by atoms with Crippen molar-refractivity contribution >= 4 is 24.0 Å². The number of nitrogens with zero attached hydrogens (tertiary/aromatic N) is 3. The number of amides is 1. The van der Waals surface area contributed by atoms with Crippen molar-refractivity contribution in [3.05, 3.63) is 60.7 Å². The van der Waals surface area contributed by atoms with Crippen molar-refractivity contribution in [1.29, 1.82) is 0 Å². The lowest BCUT2D eigenvalue weighted by Gasteiger charge is -2.18. The van der Waals surface area contributed by atoms with Gasteiger partial charge in [0.2, 0.25) is 0 Å². The molecule has 7 nitrogen and oxygen atoms in total. The van der Waals surface area contributed by atoms with Crippen LogP contribution in [0.3, 0.4) is 0 Å². The molecule has 11 heteroatoms. The predicted molar refractivity (Wildman–Crippen MR) is 103 cm³/mol. The van der Waals surface area contributed by atoms with Gasteiger partial charge < -0.3 is 10.6 Å². The number of rotatable bonds is 7. The van der Waals surface area contributed by atoms with Crippen molar-refractivity contribution in [3.63, 3.8) is 0 Å². The molecule has 3 aromatic rings. The second-order valence-corrected chi connectivity index (χ2v) is 5.89. The number of H-pyrrole nitrogens is 1. The molecule has 0 aliphatic heterocycles. The Labute approximate surface area is 170 Å². The number of aromatic amines is 1. The molecule has 1 amide bonds. The molecule has 2 aromatic heterocycles. The Balaban J connectivity index is 0.00000300. The quantitative estimate of drug-likeness (QED) is 0.537. The van der Waals surface area contributed by atoms with Crippen LogP contribution in [0.15, 0.2) is 54.9 Å². The van der Waals surface area contributed by atoms with Crippen LogP contribution in [0.25, 0.3) is 11.4 Å². The summed E-state index contributed by atoms with van der Waals surface area (Å²) in [4.78, 5) is 19.4. The topological polar surface area (TPSA) is 95.6 Å². The SMILES string of the molecule is Cl.O=C(NCCC(Nc1ccccc1)c1nc(-c2ccncc2)n[nH]1)C(F)(F)F. The summed E-state index contributed by atoms with van der Waals surface area (Å²) >= 11 is 0. The second kappa shape index (κ2) is 9.87. The van der Waals surface area contributed by atoms with Crippen LogP contribution in [0.1, 0.15) is 18.3 Å². The first kappa shape index (κ1) is 22.2. The van der Waals surface area contributed by atoms with E-state index in [-0.39, 0.29) is 25.4 Å². The zero-order valence-electron chi connectivity index (χ0n) is 15.0. The lowest BCUT2D eigenvalue weighted by atomic mass is 10.1. The average molecular weight is 427 g/mol. The number of hydrogen-bond acceptors (Lipinski definition) is 5. The predicted octanol–water partition coefficient (Wildman–Crippen LogP) is 3.51. The maximum absolute atomic E-state index is 12.4. The number of carbonyl (C=O) groups is 1. The Bertz CT molecular complexity index is 905. The summed E-state index contributed by atoms with van der Waals surface area (Å²) in [6, 6.07) is 12.1. The van der Waals surface area contributed by atoms with Crippen molar-refractivity contribution in [3.8, 4) is 11.4 Å². The van der Waals surface area contributed by atoms with Gasteiger partial charge in [-0.3, -0.25) is 14.9 Å². The molecule has 0 spiro atoms. The molecule has 3 N–H and O–H groups in total. The lowest BCUT2D eigenvalue weighted by Crippen LogP contribution is -2.38. The van der Waals surface area contributed by atoms with Crippen LogP contribution >= 0.6 is 12.4 Å². The molecule has 0 radical (unpaired) electrons. The highest BCUT2D eigenvalue weighted by atomic mass is 35.5. The van der Waals surface area contributed by atoms with E-state index >= 15 is 0 Å². The Hall–Kier alpha value is -3.14. The van der Waals surface area contributed by atoms with E-state index in [4.69, 9.17) is 0 Å². The highest BCUT2D eigenvalue weighted by Gasteiger charge is 2.38. The smallest absolute Gasteiger partial charge is 0.375 e. The minimum atomic E-state index is -4.91. The van der Waals surface area contributed by atoms with Gasteiger partial charge in [0.05, 0.1) is 6.04 Å². The largest absolute Gasteiger partial charge is 0.471 e. The molecular weight excluding hydrogens is 409 g/mol. The van der Waals surface area contributed by atoms with E-state index in [1.54, 1.807) is 24.5 Å². The molecule has 0 aliphatic rings. The number of para-hydroxylation sites is 1. The number of benzene rings is 1. The fourth-order valence-electron chi connectivity index (χ4n) is 2.50. The number of aromatic nitrogens is 4. The fourth-order valence-corrected chi connectivity index (χ4v) is 2.50. The van der Waals surface area contributed by atoms with Crippen LogP contribution < -0.4 is 10.6 Å². The van der Waals surface area contributed by atoms with Crippen molar-refractivity contribution in [2.45, 2.75) is 18.6 Å². The summed E-state index contributed by atoms with van der Waals surface area (Å²) in [5.74, 6) is -1.09. The van der Waals surface area contributed by atoms with Gasteiger partial charge in [0, 0.05) is 30.2 Å². The van der Waals surface area contributed by atoms with E-state index in [0.29, 0.717) is 11.6 Å². The molecule has 0 saturated carbocycles. The van der Waals surface area contributed by atoms with Gasteiger partial charge in [-0.2, -0.15) is 18.3 Å². The Kier molecular flexibility index (Phi) is 7.54. The second-order valence-electron chi connectivity index (χ2n) is 5.89. The zero-order chi connectivity index (χ0) is 20.0. The van der Waals surface area contributed by atoms with Crippen molar-refractivity contribution in [2.24, 2.45) is 0 Å². The number of pyridine rings is 1. The van der Waals surface area contributed by atoms with Gasteiger partial charge in [0.15, 0.2) is 5.82 Å². The minimum Gasteiger partial charge on any atom is -0.375 e. The first-order chi connectivity index (χ1) is 13.4. The fraction of sp³-hybridized carbons (Fsp3) is 0.222. The summed E-state index contributed by atoms with van der Waals surface area (Å²) in [5.41, 5.74) is 1.51. The van der Waals surface area contributed by atoms with Gasteiger partial charge in [0.25, 0.3) is 0 Å². The zero-order valence-corrected chi connectivity index (χ0v) is 15.8. The van der Waals surface area contributed by atoms with E-state index in [1.807, 2.05) is 35.6 Å². The van der Waals surface area contributed by atoms with E-state index < -0.39 is 18.1 Å². The van der Waals surface area contributed by atoms with Gasteiger partial charge in [0.1, 0.15) is 5.82 Å². The summed E-state index contributed by atoms with van der Waals surface area (Å²) in [7, 11) is 0. The van der Waals surface area contributed by atoms with Crippen molar-refractivity contribution < 1.29 is 18.0 Å². The lowest BCUT2D eigenvalue weighted by molar-refractivity contribution is -0.173. The summed E-state index contributed by atoms with van der Waals surface area (Å²) in [6.45, 7) is -0.186. The molecule has 3 rings (SSSR count). The van der Waals surface area contributed by atoms with Gasteiger partial charge in [-0.1, -0.05) is 18.2 Å². The van der Waals surface area contributed by atoms with Crippen LogP contribution in [0.4, 0.5) is 18.9 Å². The maximum Gasteiger partial charge on any atom is 0.471 e. The number of anilines is 1. The van der Waals surface area contributed by atoms with Crippen molar-refractivity contribution in [1.82, 2.24) is 25.5 Å². The molecule has 0 bridgehead atoms. The Morgan fingerprint density at radius 2 is 1.79 bits per heavy atom. The first-order valence-electron chi connectivity index (χ1n) is 8.43. The summed E-state index contributed by atoms with van der Waals surface area (Å²) in [5, 5.41) is 12.0. The van der Waals surface area contributed by atoms with Crippen LogP contribution in [0, 0.1) is 0 Å². The molecule has 154 valence electrons. The van der Waals surface area contributed by atoms with Crippen LogP contribution in [-0.2, 0) is 4.79 Å². The Morgan fingerprint density at radius 1 is 1.10 bits per heavy atom. The third kappa shape index (κ3) is 6.18. The normalized spacial score (nSPS) is 12.0. The van der Waals surface area contributed by atoms with E-state index in [1.165, 1.54) is 0 Å². The molecule has 0 fully saturated rings. The molecule has 1 aromatic carbocycles. The number of halogens is 4. The number of hydrogen-bond donors (Lipinski definition) is 3. The van der Waals surface area contributed by atoms with Crippen LogP contribution in [-0.4, -0.2) is 38.8 Å². The van der Waals surface area contributed by atoms with E-state index in [0.717, 1.165) is 11.3 Å². The first-order valence-corrected chi connectivity index (χ1v) is 8.43. The molecule has 29 heavy (non-hydrogen) atoms. The van der Waals surface area contributed by atoms with Gasteiger partial charge in [-0.15, -0.1) is 12.4 Å². The number of nitrogens with one attached hydrogen (secondary N) is 3. The monoisotopic (exact) mass is 426 g/mol. The van der Waals surface area contributed by atoms with Gasteiger partial charge >= 0.3 is 12.1 Å². The minimum absolute atomic E-state index is 0. The number of alkyl halides is 3. The molecule has 2 heterocycles. The Morgan fingerprint density at radius 3 is 2.45 bits per heavy atom. The number of carbonyl (C=O) groups excluding carboxylic acids is 1. The molecule has 0 aliphatic carbocycles. The molecular formula is C18H18ClF3N6O. The standard InChI is InChI=1S/C18H17F3N6O.ClH/c19-18(20,21)17(28)23-11-8-14(24-13-4-2-1-3-5-13)16-25-15(26-27-16)12-6-9-22-10-7-12;/h1-7,9-10,14,24H,8,11H2,(H,23,28)(H,25,26,27);1H. The highest BCUT2D eigenvalue weighted by molar-refractivity contribution is 5.85. The van der Waals surface area contributed by atoms with Gasteiger partial charge in [-0.25, -0.2) is 4.98 Å². The third-order valence-corrected chi connectivity index (χ3v) is 3.86. The van der Waals surface area contributed by atoms with Crippen LogP contribution in [0.5, 0.6) is 0 Å².